The summed E-state index contributed by atoms with van der Waals surface area (Å²) in [7, 11) is 0. The van der Waals surface area contributed by atoms with E-state index in [1.807, 2.05) is 0 Å². The normalized spacial score (nSPS) is 10.9. The standard InChI is InChI=1S/C13H13ClO3/c1-4-13(2,3)17-8-10-6-5-9(12(15)16)7-11(10)14/h1,5-7H,8H2,2-3H3,(H,15,16). The highest BCUT2D eigenvalue weighted by molar-refractivity contribution is 6.31. The molecule has 0 aliphatic heterocycles. The van der Waals surface area contributed by atoms with Crippen LogP contribution in [-0.2, 0) is 11.3 Å². The van der Waals surface area contributed by atoms with Gasteiger partial charge in [0.15, 0.2) is 0 Å². The van der Waals surface area contributed by atoms with E-state index in [0.717, 1.165) is 0 Å². The van der Waals surface area contributed by atoms with Crippen LogP contribution in [0.3, 0.4) is 0 Å². The van der Waals surface area contributed by atoms with Crippen LogP contribution >= 0.6 is 11.6 Å². The molecule has 0 aromatic heterocycles. The van der Waals surface area contributed by atoms with Gasteiger partial charge in [0.1, 0.15) is 5.60 Å². The van der Waals surface area contributed by atoms with E-state index in [-0.39, 0.29) is 12.2 Å². The molecule has 1 rings (SSSR count). The van der Waals surface area contributed by atoms with Crippen molar-refractivity contribution in [1.29, 1.82) is 0 Å². The van der Waals surface area contributed by atoms with E-state index >= 15 is 0 Å². The predicted octanol–water partition coefficient (Wildman–Crippen LogP) is 2.97. The van der Waals surface area contributed by atoms with Gasteiger partial charge in [0.05, 0.1) is 12.2 Å². The van der Waals surface area contributed by atoms with Gasteiger partial charge in [-0.05, 0) is 31.5 Å². The van der Waals surface area contributed by atoms with E-state index in [2.05, 4.69) is 5.92 Å². The Hall–Kier alpha value is -1.50. The fourth-order valence-corrected chi connectivity index (χ4v) is 1.33. The third kappa shape index (κ3) is 3.77. The smallest absolute Gasteiger partial charge is 0.335 e. The molecule has 0 radical (unpaired) electrons. The molecule has 0 unspecified atom stereocenters. The van der Waals surface area contributed by atoms with E-state index in [4.69, 9.17) is 27.9 Å². The molecule has 0 saturated carbocycles. The molecule has 0 bridgehead atoms. The Labute approximate surface area is 105 Å². The Bertz CT molecular complexity index is 472. The number of hydrogen-bond acceptors (Lipinski definition) is 2. The van der Waals surface area contributed by atoms with Crippen LogP contribution in [0.15, 0.2) is 18.2 Å². The van der Waals surface area contributed by atoms with Crippen LogP contribution in [0.4, 0.5) is 0 Å². The lowest BCUT2D eigenvalue weighted by Crippen LogP contribution is -2.21. The summed E-state index contributed by atoms with van der Waals surface area (Å²) in [5.74, 6) is 1.49. The third-order valence-electron chi connectivity index (χ3n) is 2.24. The van der Waals surface area contributed by atoms with Crippen molar-refractivity contribution in [3.63, 3.8) is 0 Å². The molecule has 1 N–H and O–H groups in total. The lowest BCUT2D eigenvalue weighted by atomic mass is 10.1. The quantitative estimate of drug-likeness (QED) is 0.838. The summed E-state index contributed by atoms with van der Waals surface area (Å²) in [6.07, 6.45) is 5.29. The number of ether oxygens (including phenoxy) is 1. The molecule has 1 aromatic rings. The van der Waals surface area contributed by atoms with Crippen molar-refractivity contribution in [3.05, 3.63) is 34.3 Å². The molecular formula is C13H13ClO3. The van der Waals surface area contributed by atoms with E-state index in [0.29, 0.717) is 10.6 Å². The minimum absolute atomic E-state index is 0.148. The number of aromatic carboxylic acids is 1. The average molecular weight is 253 g/mol. The van der Waals surface area contributed by atoms with Crippen molar-refractivity contribution >= 4 is 17.6 Å². The number of halogens is 1. The van der Waals surface area contributed by atoms with Crippen molar-refractivity contribution < 1.29 is 14.6 Å². The number of terminal acetylenes is 1. The number of carboxylic acids is 1. The topological polar surface area (TPSA) is 46.5 Å². The van der Waals surface area contributed by atoms with E-state index < -0.39 is 11.6 Å². The largest absolute Gasteiger partial charge is 0.478 e. The van der Waals surface area contributed by atoms with Gasteiger partial charge in [-0.3, -0.25) is 0 Å². The fourth-order valence-electron chi connectivity index (χ4n) is 1.10. The van der Waals surface area contributed by atoms with E-state index in [1.54, 1.807) is 19.9 Å². The molecule has 17 heavy (non-hydrogen) atoms. The first-order chi connectivity index (χ1) is 7.85. The van der Waals surface area contributed by atoms with Crippen molar-refractivity contribution in [2.75, 3.05) is 0 Å². The first-order valence-corrected chi connectivity index (χ1v) is 5.37. The number of carbonyl (C=O) groups is 1. The Morgan fingerprint density at radius 2 is 2.24 bits per heavy atom. The summed E-state index contributed by atoms with van der Waals surface area (Å²) in [6.45, 7) is 3.79. The highest BCUT2D eigenvalue weighted by Gasteiger charge is 2.15. The second-order valence-electron chi connectivity index (χ2n) is 4.05. The van der Waals surface area contributed by atoms with Gasteiger partial charge >= 0.3 is 5.97 Å². The van der Waals surface area contributed by atoms with Gasteiger partial charge in [-0.1, -0.05) is 23.6 Å². The van der Waals surface area contributed by atoms with E-state index in [1.165, 1.54) is 12.1 Å². The molecule has 0 fully saturated rings. The molecule has 0 saturated heterocycles. The van der Waals surface area contributed by atoms with Crippen molar-refractivity contribution in [2.24, 2.45) is 0 Å². The van der Waals surface area contributed by atoms with Gasteiger partial charge in [-0.15, -0.1) is 6.42 Å². The first kappa shape index (κ1) is 13.6. The SMILES string of the molecule is C#CC(C)(C)OCc1ccc(C(=O)O)cc1Cl. The molecule has 0 aliphatic rings. The lowest BCUT2D eigenvalue weighted by molar-refractivity contribution is 0.0145. The summed E-state index contributed by atoms with van der Waals surface area (Å²) >= 11 is 5.95. The van der Waals surface area contributed by atoms with Crippen molar-refractivity contribution in [3.8, 4) is 12.3 Å². The summed E-state index contributed by atoms with van der Waals surface area (Å²) in [6, 6.07) is 4.50. The van der Waals surface area contributed by atoms with Gasteiger partial charge in [-0.2, -0.15) is 0 Å². The summed E-state index contributed by atoms with van der Waals surface area (Å²) in [5.41, 5.74) is 0.185. The second kappa shape index (κ2) is 5.22. The van der Waals surface area contributed by atoms with Gasteiger partial charge in [0.25, 0.3) is 0 Å². The van der Waals surface area contributed by atoms with Gasteiger partial charge in [-0.25, -0.2) is 4.79 Å². The summed E-state index contributed by atoms with van der Waals surface area (Å²) in [4.78, 5) is 10.7. The Morgan fingerprint density at radius 3 is 2.71 bits per heavy atom. The molecule has 0 atom stereocenters. The maximum absolute atomic E-state index is 10.7. The highest BCUT2D eigenvalue weighted by Crippen LogP contribution is 2.21. The summed E-state index contributed by atoms with van der Waals surface area (Å²) in [5, 5.41) is 9.14. The zero-order valence-electron chi connectivity index (χ0n) is 9.66. The van der Waals surface area contributed by atoms with Crippen LogP contribution in [0.25, 0.3) is 0 Å². The average Bonchev–Trinajstić information content (AvgIpc) is 2.27. The minimum Gasteiger partial charge on any atom is -0.478 e. The van der Waals surface area contributed by atoms with Crippen molar-refractivity contribution in [1.82, 2.24) is 0 Å². The van der Waals surface area contributed by atoms with Crippen LogP contribution in [0.1, 0.15) is 29.8 Å². The van der Waals surface area contributed by atoms with Crippen LogP contribution in [0, 0.1) is 12.3 Å². The van der Waals surface area contributed by atoms with Gasteiger partial charge in [0, 0.05) is 5.02 Å². The van der Waals surface area contributed by atoms with E-state index in [9.17, 15) is 4.79 Å². The maximum atomic E-state index is 10.7. The molecule has 0 aliphatic carbocycles. The maximum Gasteiger partial charge on any atom is 0.335 e. The van der Waals surface area contributed by atoms with Crippen LogP contribution in [0.5, 0.6) is 0 Å². The Kier molecular flexibility index (Phi) is 4.17. The van der Waals surface area contributed by atoms with Crippen LogP contribution < -0.4 is 0 Å². The number of hydrogen-bond donors (Lipinski definition) is 1. The van der Waals surface area contributed by atoms with Crippen LogP contribution in [-0.4, -0.2) is 16.7 Å². The third-order valence-corrected chi connectivity index (χ3v) is 2.59. The molecular weight excluding hydrogens is 240 g/mol. The first-order valence-electron chi connectivity index (χ1n) is 4.99. The molecule has 0 spiro atoms. The monoisotopic (exact) mass is 252 g/mol. The molecule has 4 heteroatoms. The number of carboxylic acid groups (broad SMARTS) is 1. The number of rotatable bonds is 4. The fraction of sp³-hybridized carbons (Fsp3) is 0.308. The van der Waals surface area contributed by atoms with Gasteiger partial charge < -0.3 is 9.84 Å². The zero-order valence-corrected chi connectivity index (χ0v) is 10.4. The Balaban J connectivity index is 2.81. The molecule has 3 nitrogen and oxygen atoms in total. The highest BCUT2D eigenvalue weighted by atomic mass is 35.5. The minimum atomic E-state index is -1.01. The molecule has 0 amide bonds. The Morgan fingerprint density at radius 1 is 1.59 bits per heavy atom. The second-order valence-corrected chi connectivity index (χ2v) is 4.46. The lowest BCUT2D eigenvalue weighted by Gasteiger charge is -2.19. The predicted molar refractivity (Wildman–Crippen MR) is 66.1 cm³/mol. The number of benzene rings is 1. The molecule has 0 heterocycles. The van der Waals surface area contributed by atoms with Crippen molar-refractivity contribution in [2.45, 2.75) is 26.1 Å². The van der Waals surface area contributed by atoms with Crippen LogP contribution in [0.2, 0.25) is 5.02 Å². The zero-order chi connectivity index (χ0) is 13.1. The summed E-state index contributed by atoms with van der Waals surface area (Å²) < 4.78 is 5.48. The van der Waals surface area contributed by atoms with Gasteiger partial charge in [0.2, 0.25) is 0 Å². The molecule has 90 valence electrons. The molecule has 1 aromatic carbocycles.